The van der Waals surface area contributed by atoms with Crippen molar-refractivity contribution in [3.63, 3.8) is 0 Å². The second-order valence-corrected chi connectivity index (χ2v) is 6.71. The quantitative estimate of drug-likeness (QED) is 0.431. The van der Waals surface area contributed by atoms with Crippen LogP contribution in [0, 0.1) is 5.82 Å². The van der Waals surface area contributed by atoms with E-state index in [2.05, 4.69) is 5.32 Å². The molecule has 0 aliphatic carbocycles. The van der Waals surface area contributed by atoms with Crippen molar-refractivity contribution in [1.29, 1.82) is 0 Å². The Balaban J connectivity index is 1.50. The van der Waals surface area contributed by atoms with E-state index in [9.17, 15) is 17.6 Å². The monoisotopic (exact) mass is 394 g/mol. The molecule has 0 aliphatic rings. The summed E-state index contributed by atoms with van der Waals surface area (Å²) in [6, 6.07) is 11.8. The van der Waals surface area contributed by atoms with Gasteiger partial charge in [0.15, 0.2) is 0 Å². The van der Waals surface area contributed by atoms with Crippen LogP contribution in [0.4, 0.5) is 17.6 Å². The molecule has 0 saturated carbocycles. The maximum absolute atomic E-state index is 13.4. The zero-order valence-electron chi connectivity index (χ0n) is 15.5. The van der Waals surface area contributed by atoms with E-state index in [0.717, 1.165) is 35.0 Å². The average Bonchev–Trinajstić information content (AvgIpc) is 2.93. The molecule has 2 aromatic carbocycles. The van der Waals surface area contributed by atoms with Gasteiger partial charge in [0.2, 0.25) is 0 Å². The normalized spacial score (nSPS) is 11.9. The first-order valence-electron chi connectivity index (χ1n) is 9.04. The molecule has 3 nitrogen and oxygen atoms in total. The molecule has 1 N–H and O–H groups in total. The molecule has 0 radical (unpaired) electrons. The molecule has 150 valence electrons. The van der Waals surface area contributed by atoms with E-state index in [0.29, 0.717) is 12.3 Å². The lowest BCUT2D eigenvalue weighted by Crippen LogP contribution is -2.16. The van der Waals surface area contributed by atoms with Gasteiger partial charge in [0, 0.05) is 25.2 Å². The predicted molar refractivity (Wildman–Crippen MR) is 101 cm³/mol. The van der Waals surface area contributed by atoms with Gasteiger partial charge in [-0.25, -0.2) is 4.39 Å². The van der Waals surface area contributed by atoms with Gasteiger partial charge in [0.25, 0.3) is 0 Å². The Labute approximate surface area is 160 Å². The van der Waals surface area contributed by atoms with Crippen LogP contribution >= 0.6 is 0 Å². The molecule has 3 aromatic rings. The van der Waals surface area contributed by atoms with E-state index in [1.807, 2.05) is 23.9 Å². The van der Waals surface area contributed by atoms with Gasteiger partial charge in [-0.1, -0.05) is 12.1 Å². The maximum Gasteiger partial charge on any atom is 0.392 e. The number of hydrogen-bond acceptors (Lipinski definition) is 2. The first-order valence-corrected chi connectivity index (χ1v) is 9.04. The van der Waals surface area contributed by atoms with Gasteiger partial charge in [-0.05, 0) is 54.4 Å². The highest BCUT2D eigenvalue weighted by Crippen LogP contribution is 2.22. The third-order valence-corrected chi connectivity index (χ3v) is 4.49. The minimum Gasteiger partial charge on any atom is -0.493 e. The zero-order valence-corrected chi connectivity index (χ0v) is 15.5. The Hall–Kier alpha value is -2.54. The molecular weight excluding hydrogens is 372 g/mol. The maximum atomic E-state index is 13.4. The third-order valence-electron chi connectivity index (χ3n) is 4.49. The average molecular weight is 394 g/mol. The Bertz CT molecular complexity index is 934. The Morgan fingerprint density at radius 3 is 2.71 bits per heavy atom. The number of aromatic nitrogens is 1. The van der Waals surface area contributed by atoms with Crippen molar-refractivity contribution in [1.82, 2.24) is 9.88 Å². The van der Waals surface area contributed by atoms with Crippen LogP contribution < -0.4 is 10.1 Å². The topological polar surface area (TPSA) is 26.2 Å². The predicted octanol–water partition coefficient (Wildman–Crippen LogP) is 4.98. The Morgan fingerprint density at radius 1 is 1.11 bits per heavy atom. The van der Waals surface area contributed by atoms with Crippen LogP contribution in [0.5, 0.6) is 5.75 Å². The molecular formula is C21H22F4N2O. The van der Waals surface area contributed by atoms with Crippen molar-refractivity contribution < 1.29 is 22.3 Å². The highest BCUT2D eigenvalue weighted by atomic mass is 19.4. The molecule has 0 bridgehead atoms. The number of ether oxygens (including phenoxy) is 1. The van der Waals surface area contributed by atoms with Crippen LogP contribution in [0.1, 0.15) is 17.5 Å². The fraction of sp³-hybridized carbons (Fsp3) is 0.333. The molecule has 7 heteroatoms. The number of aryl methyl sites for hydroxylation is 1. The van der Waals surface area contributed by atoms with Crippen LogP contribution in [0.2, 0.25) is 0 Å². The second-order valence-electron chi connectivity index (χ2n) is 6.71. The van der Waals surface area contributed by atoms with Crippen molar-refractivity contribution in [3.05, 3.63) is 65.6 Å². The molecule has 3 rings (SSSR count). The number of rotatable bonds is 8. The van der Waals surface area contributed by atoms with Gasteiger partial charge in [-0.15, -0.1) is 0 Å². The largest absolute Gasteiger partial charge is 0.493 e. The van der Waals surface area contributed by atoms with E-state index in [1.54, 1.807) is 24.3 Å². The number of nitrogens with one attached hydrogen (secondary N) is 1. The fourth-order valence-corrected chi connectivity index (χ4v) is 3.13. The molecule has 0 unspecified atom stereocenters. The summed E-state index contributed by atoms with van der Waals surface area (Å²) in [5.74, 6) is 0.176. The van der Waals surface area contributed by atoms with E-state index < -0.39 is 12.6 Å². The van der Waals surface area contributed by atoms with Gasteiger partial charge in [-0.2, -0.15) is 13.2 Å². The molecule has 1 heterocycles. The highest BCUT2D eigenvalue weighted by molar-refractivity contribution is 5.84. The van der Waals surface area contributed by atoms with Crippen molar-refractivity contribution in [3.8, 4) is 5.75 Å². The highest BCUT2D eigenvalue weighted by Gasteiger charge is 2.26. The first-order chi connectivity index (χ1) is 13.3. The summed E-state index contributed by atoms with van der Waals surface area (Å²) in [7, 11) is 1.89. The Kier molecular flexibility index (Phi) is 6.24. The molecule has 28 heavy (non-hydrogen) atoms. The molecule has 0 amide bonds. The minimum absolute atomic E-state index is 0.254. The van der Waals surface area contributed by atoms with E-state index in [-0.39, 0.29) is 12.4 Å². The number of halogens is 4. The van der Waals surface area contributed by atoms with Gasteiger partial charge in [0.05, 0.1) is 18.5 Å². The first kappa shape index (κ1) is 20.2. The van der Waals surface area contributed by atoms with Gasteiger partial charge >= 0.3 is 6.18 Å². The van der Waals surface area contributed by atoms with Gasteiger partial charge < -0.3 is 14.6 Å². The lowest BCUT2D eigenvalue weighted by atomic mass is 10.1. The van der Waals surface area contributed by atoms with Crippen LogP contribution in [-0.4, -0.2) is 23.9 Å². The summed E-state index contributed by atoms with van der Waals surface area (Å²) in [6.45, 7) is 0.910. The van der Waals surface area contributed by atoms with Crippen molar-refractivity contribution in [2.24, 2.45) is 7.05 Å². The summed E-state index contributed by atoms with van der Waals surface area (Å²) in [4.78, 5) is 0. The second kappa shape index (κ2) is 8.65. The summed E-state index contributed by atoms with van der Waals surface area (Å²) in [6.07, 6.45) is -2.40. The lowest BCUT2D eigenvalue weighted by molar-refractivity contribution is -0.139. The molecule has 0 atom stereocenters. The van der Waals surface area contributed by atoms with Crippen LogP contribution in [-0.2, 0) is 20.0 Å². The third kappa shape index (κ3) is 5.48. The number of fused-ring (bicyclic) bond motifs is 1. The molecule has 1 aromatic heterocycles. The summed E-state index contributed by atoms with van der Waals surface area (Å²) < 4.78 is 57.1. The molecule has 0 spiro atoms. The SMILES string of the molecule is Cn1cc(CCNCc2cccc(OCCC(F)(F)F)c2)c2ccc(F)cc21. The van der Waals surface area contributed by atoms with Crippen LogP contribution in [0.15, 0.2) is 48.7 Å². The minimum atomic E-state index is -4.22. The summed E-state index contributed by atoms with van der Waals surface area (Å²) in [5.41, 5.74) is 2.93. The fourth-order valence-electron chi connectivity index (χ4n) is 3.13. The van der Waals surface area contributed by atoms with Gasteiger partial charge in [0.1, 0.15) is 11.6 Å². The van der Waals surface area contributed by atoms with Crippen molar-refractivity contribution in [2.45, 2.75) is 25.6 Å². The zero-order chi connectivity index (χ0) is 20.1. The summed E-state index contributed by atoms with van der Waals surface area (Å²) in [5, 5.41) is 4.36. The van der Waals surface area contributed by atoms with Crippen LogP contribution in [0.3, 0.4) is 0 Å². The van der Waals surface area contributed by atoms with Crippen molar-refractivity contribution >= 4 is 10.9 Å². The van der Waals surface area contributed by atoms with Crippen molar-refractivity contribution in [2.75, 3.05) is 13.2 Å². The molecule has 0 aliphatic heterocycles. The van der Waals surface area contributed by atoms with E-state index in [4.69, 9.17) is 4.74 Å². The summed E-state index contributed by atoms with van der Waals surface area (Å²) >= 11 is 0. The van der Waals surface area contributed by atoms with Gasteiger partial charge in [-0.3, -0.25) is 0 Å². The van der Waals surface area contributed by atoms with E-state index >= 15 is 0 Å². The smallest absolute Gasteiger partial charge is 0.392 e. The number of alkyl halides is 3. The number of benzene rings is 2. The van der Waals surface area contributed by atoms with Crippen LogP contribution in [0.25, 0.3) is 10.9 Å². The van der Waals surface area contributed by atoms with E-state index in [1.165, 1.54) is 12.1 Å². The number of hydrogen-bond donors (Lipinski definition) is 1. The lowest BCUT2D eigenvalue weighted by Gasteiger charge is -2.10. The molecule has 0 saturated heterocycles. The number of nitrogens with zero attached hydrogens (tertiary/aromatic N) is 1. The molecule has 0 fully saturated rings. The Morgan fingerprint density at radius 2 is 1.93 bits per heavy atom. The standard InChI is InChI=1S/C21H22F4N2O/c1-27-14-16(19-6-5-17(22)12-20(19)27)7-9-26-13-15-3-2-4-18(11-15)28-10-8-21(23,24)25/h2-6,11-12,14,26H,7-10,13H2,1H3.